The van der Waals surface area contributed by atoms with E-state index in [1.54, 1.807) is 7.05 Å². The van der Waals surface area contributed by atoms with E-state index in [1.807, 2.05) is 31.3 Å². The van der Waals surface area contributed by atoms with Crippen molar-refractivity contribution in [3.05, 3.63) is 34.4 Å². The van der Waals surface area contributed by atoms with Crippen LogP contribution in [0.3, 0.4) is 0 Å². The van der Waals surface area contributed by atoms with Gasteiger partial charge < -0.3 is 25.3 Å². The number of aromatic nitrogens is 3. The number of aromatic amines is 1. The minimum absolute atomic E-state index is 0.00826. The third kappa shape index (κ3) is 5.47. The van der Waals surface area contributed by atoms with E-state index >= 15 is 0 Å². The number of benzene rings is 1. The van der Waals surface area contributed by atoms with Crippen LogP contribution >= 0.6 is 15.9 Å². The lowest BCUT2D eigenvalue weighted by Gasteiger charge is -2.32. The Kier molecular flexibility index (Phi) is 7.49. The number of hydrogen-bond donors (Lipinski definition) is 3. The van der Waals surface area contributed by atoms with Gasteiger partial charge in [0.2, 0.25) is 0 Å². The highest BCUT2D eigenvalue weighted by Crippen LogP contribution is 2.33. The van der Waals surface area contributed by atoms with Crippen LogP contribution in [0.25, 0.3) is 22.6 Å². The summed E-state index contributed by atoms with van der Waals surface area (Å²) in [7, 11) is 1.59. The highest BCUT2D eigenvalue weighted by atomic mass is 79.9. The fraction of sp³-hybridized carbons (Fsp3) is 0.458. The Balaban J connectivity index is 1.54. The van der Waals surface area contributed by atoms with E-state index in [2.05, 4.69) is 48.4 Å². The van der Waals surface area contributed by atoms with E-state index in [9.17, 15) is 4.79 Å². The molecule has 176 valence electrons. The Morgan fingerprint density at radius 1 is 1.33 bits per heavy atom. The summed E-state index contributed by atoms with van der Waals surface area (Å²) in [5.74, 6) is 1.26. The van der Waals surface area contributed by atoms with Gasteiger partial charge in [0.15, 0.2) is 12.3 Å². The predicted octanol–water partition coefficient (Wildman–Crippen LogP) is 4.11. The maximum absolute atomic E-state index is 11.5. The van der Waals surface area contributed by atoms with E-state index < -0.39 is 0 Å². The molecule has 2 aromatic heterocycles. The number of likely N-dealkylation sites (N-methyl/N-ethyl adjacent to an activating group) is 1. The molecule has 0 aliphatic carbocycles. The number of likely N-dealkylation sites (tertiary alicyclic amines) is 1. The van der Waals surface area contributed by atoms with Crippen LogP contribution in [0.15, 0.2) is 28.9 Å². The smallest absolute Gasteiger partial charge is 0.257 e. The number of hydrogen-bond acceptors (Lipinski definition) is 6. The van der Waals surface area contributed by atoms with Crippen LogP contribution in [0.5, 0.6) is 5.75 Å². The number of nitrogens with zero attached hydrogens (tertiary/aromatic N) is 3. The number of amides is 1. The Morgan fingerprint density at radius 2 is 2.12 bits per heavy atom. The highest BCUT2D eigenvalue weighted by Gasteiger charge is 2.21. The first-order chi connectivity index (χ1) is 16.0. The van der Waals surface area contributed by atoms with Gasteiger partial charge in [-0.2, -0.15) is 0 Å². The largest absolute Gasteiger partial charge is 0.484 e. The molecule has 0 bridgehead atoms. The maximum Gasteiger partial charge on any atom is 0.257 e. The van der Waals surface area contributed by atoms with Gasteiger partial charge in [-0.3, -0.25) is 4.79 Å². The summed E-state index contributed by atoms with van der Waals surface area (Å²) in [6.45, 7) is 7.60. The van der Waals surface area contributed by atoms with Crippen LogP contribution in [0.4, 0.5) is 5.69 Å². The number of carbonyl (C=O) groups is 1. The second-order valence-corrected chi connectivity index (χ2v) is 9.32. The van der Waals surface area contributed by atoms with E-state index in [0.717, 1.165) is 64.2 Å². The number of aryl methyl sites for hydroxylation is 1. The summed E-state index contributed by atoms with van der Waals surface area (Å²) in [5.41, 5.74) is 4.43. The summed E-state index contributed by atoms with van der Waals surface area (Å²) in [5, 5.41) is 6.27. The molecule has 33 heavy (non-hydrogen) atoms. The molecule has 4 rings (SSSR count). The Morgan fingerprint density at radius 3 is 2.82 bits per heavy atom. The lowest BCUT2D eigenvalue weighted by Crippen LogP contribution is -2.39. The van der Waals surface area contributed by atoms with Crippen molar-refractivity contribution in [1.29, 1.82) is 0 Å². The number of rotatable bonds is 8. The number of anilines is 1. The Hall–Kier alpha value is -2.65. The summed E-state index contributed by atoms with van der Waals surface area (Å²) in [6.07, 6.45) is 5.25. The van der Waals surface area contributed by atoms with E-state index in [-0.39, 0.29) is 12.5 Å². The average molecular weight is 515 g/mol. The van der Waals surface area contributed by atoms with Gasteiger partial charge in [0.25, 0.3) is 5.91 Å². The minimum Gasteiger partial charge on any atom is -0.484 e. The number of nitrogens with one attached hydrogen (secondary N) is 3. The number of fused-ring (bicyclic) bond motifs is 1. The van der Waals surface area contributed by atoms with Gasteiger partial charge in [-0.25, -0.2) is 9.97 Å². The zero-order chi connectivity index (χ0) is 23.4. The third-order valence-corrected chi connectivity index (χ3v) is 6.63. The van der Waals surface area contributed by atoms with Crippen LogP contribution in [0.1, 0.15) is 31.7 Å². The number of imidazole rings is 1. The van der Waals surface area contributed by atoms with Gasteiger partial charge in [0, 0.05) is 37.9 Å². The first kappa shape index (κ1) is 23.5. The predicted molar refractivity (Wildman–Crippen MR) is 135 cm³/mol. The van der Waals surface area contributed by atoms with Crippen LogP contribution < -0.4 is 15.4 Å². The van der Waals surface area contributed by atoms with Crippen molar-refractivity contribution in [2.75, 3.05) is 38.6 Å². The van der Waals surface area contributed by atoms with Crippen molar-refractivity contribution in [3.8, 4) is 17.1 Å². The lowest BCUT2D eigenvalue weighted by atomic mass is 10.0. The molecular weight excluding hydrogens is 484 g/mol. The number of halogens is 1. The van der Waals surface area contributed by atoms with Gasteiger partial charge >= 0.3 is 0 Å². The fourth-order valence-corrected chi connectivity index (χ4v) is 4.60. The summed E-state index contributed by atoms with van der Waals surface area (Å²) in [4.78, 5) is 26.8. The Labute approximate surface area is 202 Å². The van der Waals surface area contributed by atoms with Gasteiger partial charge in [0.05, 0.1) is 10.2 Å². The van der Waals surface area contributed by atoms with Gasteiger partial charge in [-0.15, -0.1) is 0 Å². The van der Waals surface area contributed by atoms with E-state index in [1.165, 1.54) is 13.0 Å². The molecule has 0 saturated carbocycles. The first-order valence-corrected chi connectivity index (χ1v) is 12.2. The molecule has 3 heterocycles. The molecule has 3 N–H and O–H groups in total. The van der Waals surface area contributed by atoms with Crippen LogP contribution in [0, 0.1) is 6.92 Å². The molecule has 1 aromatic carbocycles. The molecule has 3 aromatic rings. The molecule has 1 aliphatic heterocycles. The van der Waals surface area contributed by atoms with E-state index in [4.69, 9.17) is 9.72 Å². The summed E-state index contributed by atoms with van der Waals surface area (Å²) < 4.78 is 6.52. The lowest BCUT2D eigenvalue weighted by molar-refractivity contribution is -0.122. The second-order valence-electron chi connectivity index (χ2n) is 8.47. The van der Waals surface area contributed by atoms with Crippen LogP contribution in [-0.2, 0) is 4.79 Å². The topological polar surface area (TPSA) is 95.2 Å². The van der Waals surface area contributed by atoms with Gasteiger partial charge in [-0.1, -0.05) is 6.92 Å². The zero-order valence-electron chi connectivity index (χ0n) is 19.4. The van der Waals surface area contributed by atoms with Crippen molar-refractivity contribution < 1.29 is 9.53 Å². The maximum atomic E-state index is 11.5. The third-order valence-electron chi connectivity index (χ3n) is 6.03. The quantitative estimate of drug-likeness (QED) is 0.418. The number of piperidine rings is 1. The average Bonchev–Trinajstić information content (AvgIpc) is 3.26. The Bertz CT molecular complexity index is 1120. The SMILES string of the molecule is CCCN1CCC(Nc2c(Br)cnc3[nH]c(-c4ccc(OCC(=O)NC)c(C)c4)nc23)CC1. The number of ether oxygens (including phenoxy) is 1. The zero-order valence-corrected chi connectivity index (χ0v) is 21.0. The normalized spacial score (nSPS) is 15.0. The molecule has 9 heteroatoms. The van der Waals surface area contributed by atoms with Gasteiger partial charge in [0.1, 0.15) is 17.1 Å². The van der Waals surface area contributed by atoms with Crippen molar-refractivity contribution in [2.24, 2.45) is 0 Å². The van der Waals surface area contributed by atoms with Crippen molar-refractivity contribution in [1.82, 2.24) is 25.2 Å². The molecule has 0 spiro atoms. The molecule has 1 aliphatic rings. The number of pyridine rings is 1. The van der Waals surface area contributed by atoms with Gasteiger partial charge in [-0.05, 0) is 72.4 Å². The molecule has 1 amide bonds. The molecule has 0 radical (unpaired) electrons. The number of H-pyrrole nitrogens is 1. The highest BCUT2D eigenvalue weighted by molar-refractivity contribution is 9.10. The summed E-state index contributed by atoms with van der Waals surface area (Å²) in [6, 6.07) is 6.23. The monoisotopic (exact) mass is 514 g/mol. The first-order valence-electron chi connectivity index (χ1n) is 11.5. The van der Waals surface area contributed by atoms with Crippen molar-refractivity contribution >= 4 is 38.7 Å². The van der Waals surface area contributed by atoms with Crippen molar-refractivity contribution in [2.45, 2.75) is 39.2 Å². The number of carbonyl (C=O) groups excluding carboxylic acids is 1. The second kappa shape index (κ2) is 10.5. The molecule has 0 atom stereocenters. The minimum atomic E-state index is -0.163. The summed E-state index contributed by atoms with van der Waals surface area (Å²) >= 11 is 3.66. The van der Waals surface area contributed by atoms with Crippen LogP contribution in [0.2, 0.25) is 0 Å². The molecule has 1 fully saturated rings. The molecule has 8 nitrogen and oxygen atoms in total. The molecular formula is C24H31BrN6O2. The standard InChI is InChI=1S/C24H31BrN6O2/c1-4-9-31-10-7-17(8-11-31)28-21-18(25)13-27-24-22(21)29-23(30-24)16-5-6-19(15(2)12-16)33-14-20(32)26-3/h5-6,12-13,17H,4,7-11,14H2,1-3H3,(H,26,32)(H2,27,28,29,30). The van der Waals surface area contributed by atoms with Crippen LogP contribution in [-0.4, -0.2) is 65.1 Å². The van der Waals surface area contributed by atoms with Crippen molar-refractivity contribution in [3.63, 3.8) is 0 Å². The molecule has 1 saturated heterocycles. The molecule has 0 unspecified atom stereocenters. The van der Waals surface area contributed by atoms with E-state index in [0.29, 0.717) is 11.8 Å². The fourth-order valence-electron chi connectivity index (χ4n) is 4.20.